The van der Waals surface area contributed by atoms with Gasteiger partial charge < -0.3 is 5.73 Å². The number of nitrogens with zero attached hydrogens (tertiary/aromatic N) is 1. The highest BCUT2D eigenvalue weighted by Crippen LogP contribution is 2.34. The summed E-state index contributed by atoms with van der Waals surface area (Å²) in [5.41, 5.74) is 7.57. The first kappa shape index (κ1) is 15.2. The van der Waals surface area contributed by atoms with Gasteiger partial charge in [0.1, 0.15) is 5.82 Å². The van der Waals surface area contributed by atoms with Gasteiger partial charge >= 0.3 is 0 Å². The summed E-state index contributed by atoms with van der Waals surface area (Å²) in [6, 6.07) is 6.96. The molecule has 2 rings (SSSR count). The molecule has 1 aliphatic heterocycles. The van der Waals surface area contributed by atoms with Gasteiger partial charge in [-0.05, 0) is 52.3 Å². The predicted molar refractivity (Wildman–Crippen MR) is 82.0 cm³/mol. The number of halogens is 1. The molecule has 20 heavy (non-hydrogen) atoms. The zero-order valence-corrected chi connectivity index (χ0v) is 12.5. The minimum atomic E-state index is -0.721. The number of hydrogen-bond acceptors (Lipinski definition) is 2. The SMILES string of the molecule is C=C(C)CC(N)(c1ccccc1F)C(C)N1CCCC1. The van der Waals surface area contributed by atoms with Crippen molar-refractivity contribution in [2.45, 2.75) is 44.7 Å². The van der Waals surface area contributed by atoms with E-state index in [4.69, 9.17) is 5.73 Å². The minimum absolute atomic E-state index is 0.0959. The van der Waals surface area contributed by atoms with Crippen molar-refractivity contribution in [3.63, 3.8) is 0 Å². The Morgan fingerprint density at radius 1 is 1.40 bits per heavy atom. The molecule has 2 unspecified atom stereocenters. The quantitative estimate of drug-likeness (QED) is 0.835. The Morgan fingerprint density at radius 3 is 2.55 bits per heavy atom. The lowest BCUT2D eigenvalue weighted by molar-refractivity contribution is 0.156. The molecular weight excluding hydrogens is 251 g/mol. The zero-order chi connectivity index (χ0) is 14.8. The highest BCUT2D eigenvalue weighted by Gasteiger charge is 2.39. The summed E-state index contributed by atoms with van der Waals surface area (Å²) in [6.07, 6.45) is 3.00. The Morgan fingerprint density at radius 2 is 2.00 bits per heavy atom. The van der Waals surface area contributed by atoms with Gasteiger partial charge in [-0.2, -0.15) is 0 Å². The van der Waals surface area contributed by atoms with E-state index in [-0.39, 0.29) is 11.9 Å². The Balaban J connectivity index is 2.39. The Hall–Kier alpha value is -1.19. The van der Waals surface area contributed by atoms with Crippen LogP contribution in [0.25, 0.3) is 0 Å². The van der Waals surface area contributed by atoms with Crippen LogP contribution in [-0.2, 0) is 5.54 Å². The smallest absolute Gasteiger partial charge is 0.128 e. The van der Waals surface area contributed by atoms with Gasteiger partial charge in [-0.15, -0.1) is 6.58 Å². The summed E-state index contributed by atoms with van der Waals surface area (Å²) in [4.78, 5) is 2.37. The monoisotopic (exact) mass is 276 g/mol. The van der Waals surface area contributed by atoms with E-state index < -0.39 is 5.54 Å². The van der Waals surface area contributed by atoms with Crippen molar-refractivity contribution in [3.05, 3.63) is 47.8 Å². The third-order valence-corrected chi connectivity index (χ3v) is 4.40. The number of hydrogen-bond donors (Lipinski definition) is 1. The standard InChI is InChI=1S/C17H25FN2/c1-13(2)12-17(19,14(3)20-10-6-7-11-20)15-8-4-5-9-16(15)18/h4-5,8-9,14H,1,6-7,10-12,19H2,2-3H3. The molecule has 1 aromatic carbocycles. The summed E-state index contributed by atoms with van der Waals surface area (Å²) in [5.74, 6) is -0.220. The van der Waals surface area contributed by atoms with Crippen LogP contribution >= 0.6 is 0 Å². The molecular formula is C17H25FN2. The second-order valence-corrected chi connectivity index (χ2v) is 6.07. The molecule has 0 radical (unpaired) electrons. The second-order valence-electron chi connectivity index (χ2n) is 6.07. The van der Waals surface area contributed by atoms with Crippen LogP contribution in [0, 0.1) is 5.82 Å². The van der Waals surface area contributed by atoms with Crippen LogP contribution in [0.4, 0.5) is 4.39 Å². The molecule has 0 bridgehead atoms. The maximum absolute atomic E-state index is 14.3. The van der Waals surface area contributed by atoms with E-state index in [0.717, 1.165) is 18.7 Å². The van der Waals surface area contributed by atoms with Crippen molar-refractivity contribution < 1.29 is 4.39 Å². The molecule has 2 nitrogen and oxygen atoms in total. The fourth-order valence-electron chi connectivity index (χ4n) is 3.26. The predicted octanol–water partition coefficient (Wildman–Crippen LogP) is 3.43. The molecule has 1 fully saturated rings. The number of nitrogens with two attached hydrogens (primary N) is 1. The highest BCUT2D eigenvalue weighted by atomic mass is 19.1. The molecule has 1 heterocycles. The maximum Gasteiger partial charge on any atom is 0.128 e. The lowest BCUT2D eigenvalue weighted by Crippen LogP contribution is -2.54. The minimum Gasteiger partial charge on any atom is -0.320 e. The van der Waals surface area contributed by atoms with E-state index in [9.17, 15) is 4.39 Å². The van der Waals surface area contributed by atoms with Crippen LogP contribution in [-0.4, -0.2) is 24.0 Å². The molecule has 1 saturated heterocycles. The largest absolute Gasteiger partial charge is 0.320 e. The Labute approximate surface area is 121 Å². The van der Waals surface area contributed by atoms with Crippen molar-refractivity contribution in [3.8, 4) is 0 Å². The number of benzene rings is 1. The van der Waals surface area contributed by atoms with E-state index in [1.807, 2.05) is 19.1 Å². The van der Waals surface area contributed by atoms with E-state index >= 15 is 0 Å². The first-order valence-corrected chi connectivity index (χ1v) is 7.37. The van der Waals surface area contributed by atoms with Gasteiger partial charge in [0.05, 0.1) is 5.54 Å². The van der Waals surface area contributed by atoms with Gasteiger partial charge in [0, 0.05) is 11.6 Å². The molecule has 1 aliphatic rings. The third-order valence-electron chi connectivity index (χ3n) is 4.40. The van der Waals surface area contributed by atoms with Gasteiger partial charge in [-0.1, -0.05) is 23.8 Å². The normalized spacial score (nSPS) is 20.6. The van der Waals surface area contributed by atoms with Crippen molar-refractivity contribution >= 4 is 0 Å². The molecule has 2 atom stereocenters. The second kappa shape index (κ2) is 6.06. The molecule has 0 spiro atoms. The Bertz CT molecular complexity index is 480. The molecule has 0 aliphatic carbocycles. The van der Waals surface area contributed by atoms with Crippen LogP contribution in [0.5, 0.6) is 0 Å². The highest BCUT2D eigenvalue weighted by molar-refractivity contribution is 5.30. The fourth-order valence-corrected chi connectivity index (χ4v) is 3.26. The van der Waals surface area contributed by atoms with Crippen molar-refractivity contribution in [1.82, 2.24) is 4.90 Å². The number of likely N-dealkylation sites (tertiary alicyclic amines) is 1. The van der Waals surface area contributed by atoms with Crippen LogP contribution in [0.3, 0.4) is 0 Å². The first-order valence-electron chi connectivity index (χ1n) is 7.37. The summed E-state index contributed by atoms with van der Waals surface area (Å²) < 4.78 is 14.3. The first-order chi connectivity index (χ1) is 9.45. The molecule has 0 amide bonds. The van der Waals surface area contributed by atoms with Crippen LogP contribution in [0.2, 0.25) is 0 Å². The maximum atomic E-state index is 14.3. The summed E-state index contributed by atoms with van der Waals surface area (Å²) in [6.45, 7) is 10.1. The lowest BCUT2D eigenvalue weighted by atomic mass is 9.78. The average Bonchev–Trinajstić information content (AvgIpc) is 2.91. The van der Waals surface area contributed by atoms with E-state index in [2.05, 4.69) is 18.4 Å². The van der Waals surface area contributed by atoms with E-state index in [1.165, 1.54) is 18.9 Å². The van der Waals surface area contributed by atoms with Gasteiger partial charge in [-0.25, -0.2) is 4.39 Å². The van der Waals surface area contributed by atoms with Gasteiger partial charge in [0.25, 0.3) is 0 Å². The van der Waals surface area contributed by atoms with Crippen molar-refractivity contribution in [2.24, 2.45) is 5.73 Å². The average molecular weight is 276 g/mol. The lowest BCUT2D eigenvalue weighted by Gasteiger charge is -2.41. The van der Waals surface area contributed by atoms with Crippen LogP contribution in [0.15, 0.2) is 36.4 Å². The third kappa shape index (κ3) is 2.94. The zero-order valence-electron chi connectivity index (χ0n) is 12.5. The summed E-state index contributed by atoms with van der Waals surface area (Å²) >= 11 is 0. The van der Waals surface area contributed by atoms with Crippen LogP contribution in [0.1, 0.15) is 38.7 Å². The van der Waals surface area contributed by atoms with Crippen molar-refractivity contribution in [2.75, 3.05) is 13.1 Å². The molecule has 110 valence electrons. The fraction of sp³-hybridized carbons (Fsp3) is 0.529. The molecule has 0 saturated carbocycles. The van der Waals surface area contributed by atoms with E-state index in [1.54, 1.807) is 6.07 Å². The summed E-state index contributed by atoms with van der Waals surface area (Å²) in [7, 11) is 0. The summed E-state index contributed by atoms with van der Waals surface area (Å²) in [5, 5.41) is 0. The van der Waals surface area contributed by atoms with Gasteiger partial charge in [-0.3, -0.25) is 4.90 Å². The van der Waals surface area contributed by atoms with Gasteiger partial charge in [0.2, 0.25) is 0 Å². The van der Waals surface area contributed by atoms with Crippen LogP contribution < -0.4 is 5.73 Å². The van der Waals surface area contributed by atoms with E-state index in [0.29, 0.717) is 12.0 Å². The van der Waals surface area contributed by atoms with Crippen molar-refractivity contribution in [1.29, 1.82) is 0 Å². The topological polar surface area (TPSA) is 29.3 Å². The molecule has 1 aromatic rings. The molecule has 0 aromatic heterocycles. The molecule has 2 N–H and O–H groups in total. The number of rotatable bonds is 5. The molecule has 3 heteroatoms. The Kier molecular flexibility index (Phi) is 4.61. The van der Waals surface area contributed by atoms with Gasteiger partial charge in [0.15, 0.2) is 0 Å².